The SMILES string of the molecule is CCCCC(C)(C)[C@H](O)C=C[C@@H]1[C@H]2CC(CCCCC(=O)N(C)C)=C[C@H]2C[C@H]1O. The second-order valence-electron chi connectivity index (χ2n) is 10.2. The second kappa shape index (κ2) is 10.8. The molecule has 0 radical (unpaired) electrons. The van der Waals surface area contributed by atoms with E-state index in [4.69, 9.17) is 0 Å². The Morgan fingerprint density at radius 1 is 1.31 bits per heavy atom. The van der Waals surface area contributed by atoms with Gasteiger partial charge >= 0.3 is 0 Å². The van der Waals surface area contributed by atoms with E-state index in [1.54, 1.807) is 4.90 Å². The molecule has 0 spiro atoms. The van der Waals surface area contributed by atoms with E-state index in [1.807, 2.05) is 20.2 Å². The number of carbonyl (C=O) groups excluding carboxylic acids is 1. The number of nitrogens with zero attached hydrogens (tertiary/aromatic N) is 1. The Hall–Kier alpha value is -1.13. The van der Waals surface area contributed by atoms with Crippen molar-refractivity contribution in [3.63, 3.8) is 0 Å². The maximum atomic E-state index is 11.7. The van der Waals surface area contributed by atoms with Crippen molar-refractivity contribution in [2.24, 2.45) is 23.2 Å². The maximum Gasteiger partial charge on any atom is 0.222 e. The lowest BCUT2D eigenvalue weighted by Crippen LogP contribution is -2.28. The molecule has 0 unspecified atom stereocenters. The topological polar surface area (TPSA) is 60.8 Å². The van der Waals surface area contributed by atoms with Crippen LogP contribution in [0.1, 0.15) is 78.6 Å². The quantitative estimate of drug-likeness (QED) is 0.386. The third-order valence-electron chi connectivity index (χ3n) is 7.08. The normalized spacial score (nSPS) is 27.9. The highest BCUT2D eigenvalue weighted by Gasteiger charge is 2.43. The third-order valence-corrected chi connectivity index (χ3v) is 7.08. The van der Waals surface area contributed by atoms with Crippen molar-refractivity contribution in [1.82, 2.24) is 4.90 Å². The van der Waals surface area contributed by atoms with Gasteiger partial charge in [0.25, 0.3) is 0 Å². The van der Waals surface area contributed by atoms with Crippen LogP contribution in [0.15, 0.2) is 23.8 Å². The smallest absolute Gasteiger partial charge is 0.222 e. The van der Waals surface area contributed by atoms with Gasteiger partial charge in [-0.1, -0.05) is 57.4 Å². The van der Waals surface area contributed by atoms with Crippen molar-refractivity contribution in [2.75, 3.05) is 14.1 Å². The van der Waals surface area contributed by atoms with Crippen molar-refractivity contribution in [2.45, 2.75) is 90.8 Å². The number of hydrogen-bond donors (Lipinski definition) is 2. The Bertz CT molecular complexity index is 593. The molecule has 0 aromatic rings. The molecule has 5 atom stereocenters. The second-order valence-corrected chi connectivity index (χ2v) is 10.2. The monoisotopic (exact) mass is 405 g/mol. The average Bonchev–Trinajstić information content (AvgIpc) is 3.17. The fraction of sp³-hybridized carbons (Fsp3) is 0.800. The summed E-state index contributed by atoms with van der Waals surface area (Å²) in [5.41, 5.74) is 1.37. The van der Waals surface area contributed by atoms with Crippen molar-refractivity contribution in [1.29, 1.82) is 0 Å². The van der Waals surface area contributed by atoms with Gasteiger partial charge < -0.3 is 15.1 Å². The molecule has 4 heteroatoms. The number of aliphatic hydroxyl groups excluding tert-OH is 2. The van der Waals surface area contributed by atoms with Crippen LogP contribution in [-0.2, 0) is 4.79 Å². The standard InChI is InChI=1S/C25H43NO3/c1-6-7-14-25(2,3)23(28)13-12-20-21-16-18(15-19(21)17-22(20)27)10-8-9-11-24(29)26(4)5/h12-13,15,19-23,27-28H,6-11,14,16-17H2,1-5H3/t19-,20+,21-,22+,23+/m0/s1. The molecule has 2 aliphatic carbocycles. The van der Waals surface area contributed by atoms with Crippen LogP contribution in [0.3, 0.4) is 0 Å². The highest BCUT2D eigenvalue weighted by atomic mass is 16.3. The lowest BCUT2D eigenvalue weighted by atomic mass is 9.80. The Morgan fingerprint density at radius 2 is 2.03 bits per heavy atom. The zero-order valence-corrected chi connectivity index (χ0v) is 19.2. The number of hydrogen-bond acceptors (Lipinski definition) is 3. The van der Waals surface area contributed by atoms with Crippen LogP contribution in [0.5, 0.6) is 0 Å². The summed E-state index contributed by atoms with van der Waals surface area (Å²) >= 11 is 0. The molecule has 0 aromatic heterocycles. The molecular weight excluding hydrogens is 362 g/mol. The van der Waals surface area contributed by atoms with Gasteiger partial charge in [-0.15, -0.1) is 0 Å². The predicted molar refractivity (Wildman–Crippen MR) is 119 cm³/mol. The van der Waals surface area contributed by atoms with E-state index >= 15 is 0 Å². The van der Waals surface area contributed by atoms with Crippen LogP contribution in [0.2, 0.25) is 0 Å². The molecule has 2 rings (SSSR count). The predicted octanol–water partition coefficient (Wildman–Crippen LogP) is 4.71. The van der Waals surface area contributed by atoms with E-state index in [2.05, 4.69) is 32.9 Å². The molecule has 2 aliphatic rings. The Labute approximate surface area is 178 Å². The number of allylic oxidation sites excluding steroid dienone is 2. The molecule has 166 valence electrons. The van der Waals surface area contributed by atoms with Crippen LogP contribution in [0.4, 0.5) is 0 Å². The summed E-state index contributed by atoms with van der Waals surface area (Å²) in [7, 11) is 3.62. The highest BCUT2D eigenvalue weighted by molar-refractivity contribution is 5.75. The van der Waals surface area contributed by atoms with E-state index in [0.717, 1.165) is 51.4 Å². The van der Waals surface area contributed by atoms with Crippen molar-refractivity contribution in [3.05, 3.63) is 23.8 Å². The van der Waals surface area contributed by atoms with Crippen LogP contribution in [0, 0.1) is 23.2 Å². The van der Waals surface area contributed by atoms with E-state index in [9.17, 15) is 15.0 Å². The summed E-state index contributed by atoms with van der Waals surface area (Å²) in [5.74, 6) is 1.27. The molecule has 1 fully saturated rings. The van der Waals surface area contributed by atoms with Gasteiger partial charge in [0.15, 0.2) is 0 Å². The summed E-state index contributed by atoms with van der Waals surface area (Å²) in [6.07, 6.45) is 14.5. The summed E-state index contributed by atoms with van der Waals surface area (Å²) in [4.78, 5) is 13.4. The van der Waals surface area contributed by atoms with Crippen molar-refractivity contribution >= 4 is 5.91 Å². The molecule has 0 bridgehead atoms. The zero-order valence-electron chi connectivity index (χ0n) is 19.2. The van der Waals surface area contributed by atoms with Gasteiger partial charge in [-0.3, -0.25) is 4.79 Å². The number of amides is 1. The molecule has 0 aliphatic heterocycles. The molecular formula is C25H43NO3. The van der Waals surface area contributed by atoms with Gasteiger partial charge in [0.2, 0.25) is 5.91 Å². The van der Waals surface area contributed by atoms with E-state index < -0.39 is 6.10 Å². The largest absolute Gasteiger partial charge is 0.392 e. The molecule has 1 saturated carbocycles. The lowest BCUT2D eigenvalue weighted by molar-refractivity contribution is -0.128. The molecule has 1 amide bonds. The molecule has 0 heterocycles. The maximum absolute atomic E-state index is 11.7. The summed E-state index contributed by atoms with van der Waals surface area (Å²) in [6, 6.07) is 0. The highest BCUT2D eigenvalue weighted by Crippen LogP contribution is 2.48. The van der Waals surface area contributed by atoms with E-state index in [0.29, 0.717) is 18.3 Å². The van der Waals surface area contributed by atoms with Gasteiger partial charge in [0.1, 0.15) is 0 Å². The van der Waals surface area contributed by atoms with E-state index in [1.165, 1.54) is 5.57 Å². The fourth-order valence-corrected chi connectivity index (χ4v) is 4.92. The van der Waals surface area contributed by atoms with Gasteiger partial charge in [-0.2, -0.15) is 0 Å². The van der Waals surface area contributed by atoms with E-state index in [-0.39, 0.29) is 23.3 Å². The van der Waals surface area contributed by atoms with Crippen molar-refractivity contribution < 1.29 is 15.0 Å². The number of carbonyl (C=O) groups is 1. The third kappa shape index (κ3) is 6.68. The minimum absolute atomic E-state index is 0.126. The summed E-state index contributed by atoms with van der Waals surface area (Å²) in [6.45, 7) is 6.43. The first-order valence-electron chi connectivity index (χ1n) is 11.6. The minimum Gasteiger partial charge on any atom is -0.392 e. The Balaban J connectivity index is 1.84. The van der Waals surface area contributed by atoms with Crippen molar-refractivity contribution in [3.8, 4) is 0 Å². The van der Waals surface area contributed by atoms with Gasteiger partial charge in [0.05, 0.1) is 12.2 Å². The fourth-order valence-electron chi connectivity index (χ4n) is 4.92. The van der Waals surface area contributed by atoms with Crippen LogP contribution >= 0.6 is 0 Å². The number of rotatable bonds is 11. The minimum atomic E-state index is -0.469. The average molecular weight is 406 g/mol. The first-order chi connectivity index (χ1) is 13.7. The first kappa shape index (κ1) is 24.1. The summed E-state index contributed by atoms with van der Waals surface area (Å²) < 4.78 is 0. The lowest BCUT2D eigenvalue weighted by Gasteiger charge is -2.29. The van der Waals surface area contributed by atoms with Gasteiger partial charge in [0, 0.05) is 26.4 Å². The Kier molecular flexibility index (Phi) is 8.96. The van der Waals surface area contributed by atoms with Crippen LogP contribution in [-0.4, -0.2) is 47.3 Å². The van der Waals surface area contributed by atoms with Gasteiger partial charge in [-0.25, -0.2) is 0 Å². The van der Waals surface area contributed by atoms with Crippen LogP contribution in [0.25, 0.3) is 0 Å². The summed E-state index contributed by atoms with van der Waals surface area (Å²) in [5, 5.41) is 21.2. The molecule has 4 nitrogen and oxygen atoms in total. The molecule has 0 saturated heterocycles. The van der Waals surface area contributed by atoms with Gasteiger partial charge in [-0.05, 0) is 55.8 Å². The molecule has 29 heavy (non-hydrogen) atoms. The molecule has 0 aromatic carbocycles. The first-order valence-corrected chi connectivity index (χ1v) is 11.6. The van der Waals surface area contributed by atoms with Crippen LogP contribution < -0.4 is 0 Å². The number of unbranched alkanes of at least 4 members (excludes halogenated alkanes) is 2. The molecule has 2 N–H and O–H groups in total. The number of aliphatic hydroxyl groups is 2. The Morgan fingerprint density at radius 3 is 2.69 bits per heavy atom. The zero-order chi connectivity index (χ0) is 21.6. The number of fused-ring (bicyclic) bond motifs is 1.